The summed E-state index contributed by atoms with van der Waals surface area (Å²) in [6.45, 7) is 9.05. The molecule has 2 aromatic rings. The number of hydrogen-bond donors (Lipinski definition) is 0. The van der Waals surface area contributed by atoms with Crippen molar-refractivity contribution in [3.05, 3.63) is 71.8 Å². The fraction of sp³-hybridized carbons (Fsp3) is 0.455. The van der Waals surface area contributed by atoms with E-state index in [1.54, 1.807) is 0 Å². The third-order valence-electron chi connectivity index (χ3n) is 4.26. The Bertz CT molecular complexity index is 613. The lowest BCUT2D eigenvalue weighted by molar-refractivity contribution is -0.370. The van der Waals surface area contributed by atoms with Crippen LogP contribution in [0.2, 0.25) is 0 Å². The lowest BCUT2D eigenvalue weighted by Gasteiger charge is -2.29. The molecule has 4 nitrogen and oxygen atoms in total. The van der Waals surface area contributed by atoms with Crippen molar-refractivity contribution < 1.29 is 19.6 Å². The molecule has 26 heavy (non-hydrogen) atoms. The Labute approximate surface area is 156 Å². The molecule has 2 rings (SSSR count). The Hall–Kier alpha value is -1.72. The second-order valence-electron chi connectivity index (χ2n) is 7.32. The zero-order chi connectivity index (χ0) is 18.8. The maximum Gasteiger partial charge on any atom is 0.107 e. The van der Waals surface area contributed by atoms with Crippen molar-refractivity contribution in [2.45, 2.75) is 59.0 Å². The summed E-state index contributed by atoms with van der Waals surface area (Å²) in [5, 5.41) is 0. The van der Waals surface area contributed by atoms with E-state index < -0.39 is 5.60 Å². The van der Waals surface area contributed by atoms with E-state index in [9.17, 15) is 0 Å². The predicted molar refractivity (Wildman–Crippen MR) is 102 cm³/mol. The average molecular weight is 358 g/mol. The third-order valence-corrected chi connectivity index (χ3v) is 4.26. The van der Waals surface area contributed by atoms with Gasteiger partial charge in [0.25, 0.3) is 0 Å². The van der Waals surface area contributed by atoms with E-state index >= 15 is 0 Å². The summed E-state index contributed by atoms with van der Waals surface area (Å²) in [5.41, 5.74) is 1.76. The Morgan fingerprint density at radius 2 is 1.27 bits per heavy atom. The SMILES string of the molecule is CC(CC(C)(C)OOCc1ccccc1)C(C)OOCc1ccccc1. The van der Waals surface area contributed by atoms with Crippen LogP contribution in [0.15, 0.2) is 60.7 Å². The molecule has 0 heterocycles. The molecule has 2 aromatic carbocycles. The van der Waals surface area contributed by atoms with E-state index in [4.69, 9.17) is 19.6 Å². The van der Waals surface area contributed by atoms with Crippen LogP contribution in [0.3, 0.4) is 0 Å². The van der Waals surface area contributed by atoms with Crippen molar-refractivity contribution in [1.82, 2.24) is 0 Å². The summed E-state index contributed by atoms with van der Waals surface area (Å²) in [5.74, 6) is 0.251. The predicted octanol–water partition coefficient (Wildman–Crippen LogP) is 5.48. The molecule has 0 radical (unpaired) electrons. The first-order valence-electron chi connectivity index (χ1n) is 9.13. The largest absolute Gasteiger partial charge is 0.233 e. The highest BCUT2D eigenvalue weighted by atomic mass is 17.2. The first-order chi connectivity index (χ1) is 12.5. The lowest BCUT2D eigenvalue weighted by Crippen LogP contribution is -2.31. The van der Waals surface area contributed by atoms with Gasteiger partial charge in [0.15, 0.2) is 0 Å². The molecule has 0 aliphatic carbocycles. The van der Waals surface area contributed by atoms with Crippen LogP contribution in [0.4, 0.5) is 0 Å². The van der Waals surface area contributed by atoms with Gasteiger partial charge in [-0.2, -0.15) is 0 Å². The smallest absolute Gasteiger partial charge is 0.107 e. The monoisotopic (exact) mass is 358 g/mol. The molecule has 4 heteroatoms. The molecular formula is C22H30O4. The van der Waals surface area contributed by atoms with Crippen molar-refractivity contribution >= 4 is 0 Å². The van der Waals surface area contributed by atoms with Crippen molar-refractivity contribution in [1.29, 1.82) is 0 Å². The topological polar surface area (TPSA) is 36.9 Å². The molecule has 2 atom stereocenters. The maximum absolute atomic E-state index is 5.63. The van der Waals surface area contributed by atoms with Crippen LogP contribution in [0, 0.1) is 5.92 Å². The fourth-order valence-corrected chi connectivity index (χ4v) is 2.69. The summed E-state index contributed by atoms with van der Waals surface area (Å²) >= 11 is 0. The van der Waals surface area contributed by atoms with Crippen LogP contribution in [0.5, 0.6) is 0 Å². The highest BCUT2D eigenvalue weighted by Gasteiger charge is 2.27. The van der Waals surface area contributed by atoms with E-state index in [1.807, 2.05) is 81.4 Å². The minimum absolute atomic E-state index is 0.0456. The van der Waals surface area contributed by atoms with Gasteiger partial charge in [0.1, 0.15) is 13.2 Å². The van der Waals surface area contributed by atoms with Crippen LogP contribution in [-0.4, -0.2) is 11.7 Å². The maximum atomic E-state index is 5.63. The van der Waals surface area contributed by atoms with Gasteiger partial charge in [-0.25, -0.2) is 19.6 Å². The Morgan fingerprint density at radius 1 is 0.769 bits per heavy atom. The first-order valence-corrected chi connectivity index (χ1v) is 9.13. The molecule has 0 saturated carbocycles. The standard InChI is InChI=1S/C22H30O4/c1-18(19(2)25-23-16-20-11-7-5-8-12-20)15-22(3,4)26-24-17-21-13-9-6-10-14-21/h5-14,18-19H,15-17H2,1-4H3. The Morgan fingerprint density at radius 3 is 1.81 bits per heavy atom. The third kappa shape index (κ3) is 7.67. The fourth-order valence-electron chi connectivity index (χ4n) is 2.69. The zero-order valence-electron chi connectivity index (χ0n) is 16.2. The van der Waals surface area contributed by atoms with Crippen LogP contribution >= 0.6 is 0 Å². The summed E-state index contributed by atoms with van der Waals surface area (Å²) in [7, 11) is 0. The molecule has 0 fully saturated rings. The van der Waals surface area contributed by atoms with Gasteiger partial charge in [-0.05, 0) is 44.2 Å². The van der Waals surface area contributed by atoms with Gasteiger partial charge in [-0.3, -0.25) is 0 Å². The highest BCUT2D eigenvalue weighted by molar-refractivity contribution is 5.13. The van der Waals surface area contributed by atoms with Crippen molar-refractivity contribution in [3.63, 3.8) is 0 Å². The normalized spacial score (nSPS) is 14.2. The van der Waals surface area contributed by atoms with Gasteiger partial charge in [0.05, 0.1) is 11.7 Å². The second kappa shape index (κ2) is 10.4. The van der Waals surface area contributed by atoms with Gasteiger partial charge in [0.2, 0.25) is 0 Å². The number of rotatable bonds is 11. The molecule has 0 aliphatic rings. The molecular weight excluding hydrogens is 328 g/mol. The molecule has 0 spiro atoms. The van der Waals surface area contributed by atoms with E-state index in [1.165, 1.54) is 0 Å². The number of benzene rings is 2. The minimum atomic E-state index is -0.411. The summed E-state index contributed by atoms with van der Waals surface area (Å²) in [6.07, 6.45) is 0.744. The quantitative estimate of drug-likeness (QED) is 0.394. The highest BCUT2D eigenvalue weighted by Crippen LogP contribution is 2.25. The van der Waals surface area contributed by atoms with Gasteiger partial charge in [0, 0.05) is 0 Å². The van der Waals surface area contributed by atoms with E-state index in [-0.39, 0.29) is 12.0 Å². The van der Waals surface area contributed by atoms with Crippen molar-refractivity contribution in [2.75, 3.05) is 0 Å². The zero-order valence-corrected chi connectivity index (χ0v) is 16.2. The first kappa shape index (κ1) is 20.6. The molecule has 0 aromatic heterocycles. The molecule has 0 bridgehead atoms. The molecule has 0 aliphatic heterocycles. The van der Waals surface area contributed by atoms with Gasteiger partial charge < -0.3 is 0 Å². The average Bonchev–Trinajstić information content (AvgIpc) is 2.63. The van der Waals surface area contributed by atoms with Gasteiger partial charge in [-0.1, -0.05) is 67.6 Å². The number of hydrogen-bond acceptors (Lipinski definition) is 4. The van der Waals surface area contributed by atoms with E-state index in [2.05, 4.69) is 6.92 Å². The van der Waals surface area contributed by atoms with Crippen molar-refractivity contribution in [2.24, 2.45) is 5.92 Å². The second-order valence-corrected chi connectivity index (χ2v) is 7.32. The summed E-state index contributed by atoms with van der Waals surface area (Å²) < 4.78 is 0. The van der Waals surface area contributed by atoms with Gasteiger partial charge >= 0.3 is 0 Å². The summed E-state index contributed by atoms with van der Waals surface area (Å²) in [4.78, 5) is 22.0. The molecule has 0 saturated heterocycles. The minimum Gasteiger partial charge on any atom is -0.233 e. The lowest BCUT2D eigenvalue weighted by atomic mass is 9.91. The van der Waals surface area contributed by atoms with Crippen LogP contribution in [-0.2, 0) is 32.8 Å². The van der Waals surface area contributed by atoms with Gasteiger partial charge in [-0.15, -0.1) is 0 Å². The Balaban J connectivity index is 1.67. The van der Waals surface area contributed by atoms with Crippen LogP contribution < -0.4 is 0 Å². The molecule has 2 unspecified atom stereocenters. The molecule has 0 N–H and O–H groups in total. The van der Waals surface area contributed by atoms with E-state index in [0.29, 0.717) is 13.2 Å². The van der Waals surface area contributed by atoms with Crippen LogP contribution in [0.25, 0.3) is 0 Å². The van der Waals surface area contributed by atoms with Crippen molar-refractivity contribution in [3.8, 4) is 0 Å². The van der Waals surface area contributed by atoms with E-state index in [0.717, 1.165) is 17.5 Å². The summed E-state index contributed by atoms with van der Waals surface area (Å²) in [6, 6.07) is 20.0. The van der Waals surface area contributed by atoms with Crippen LogP contribution in [0.1, 0.15) is 45.2 Å². The Kier molecular flexibility index (Phi) is 8.26. The molecule has 142 valence electrons. The molecule has 0 amide bonds.